The molecule has 0 bridgehead atoms. The van der Waals surface area contributed by atoms with E-state index in [1.165, 1.54) is 0 Å². The molecule has 62 valence electrons. The molecule has 1 rings (SSSR count). The van der Waals surface area contributed by atoms with E-state index in [0.717, 1.165) is 11.5 Å². The van der Waals surface area contributed by atoms with Gasteiger partial charge in [-0.1, -0.05) is 6.58 Å². The Hall–Kier alpha value is -0.280. The highest BCUT2D eigenvalue weighted by Gasteiger charge is 2.22. The van der Waals surface area contributed by atoms with E-state index in [-0.39, 0.29) is 11.9 Å². The Bertz CT molecular complexity index is 171. The lowest BCUT2D eigenvalue weighted by molar-refractivity contribution is -0.125. The van der Waals surface area contributed by atoms with Gasteiger partial charge in [-0.05, 0) is 12.5 Å². The molecule has 1 fully saturated rings. The van der Waals surface area contributed by atoms with Gasteiger partial charge in [0, 0.05) is 11.5 Å². The van der Waals surface area contributed by atoms with Gasteiger partial charge in [0.05, 0.1) is 6.61 Å². The summed E-state index contributed by atoms with van der Waals surface area (Å²) in [6.45, 7) is 6.01. The van der Waals surface area contributed by atoms with Gasteiger partial charge >= 0.3 is 0 Å². The van der Waals surface area contributed by atoms with Crippen LogP contribution < -0.4 is 0 Å². The van der Waals surface area contributed by atoms with E-state index in [9.17, 15) is 4.79 Å². The minimum Gasteiger partial charge on any atom is -0.368 e. The monoisotopic (exact) mass is 172 g/mol. The number of rotatable bonds is 2. The number of Topliss-reactive ketones (excluding diaryl/α,β-unsaturated/α-hetero) is 1. The van der Waals surface area contributed by atoms with Crippen LogP contribution in [0.5, 0.6) is 0 Å². The average molecular weight is 172 g/mol. The Morgan fingerprint density at radius 3 is 2.91 bits per heavy atom. The molecule has 0 aromatic carbocycles. The number of ketones is 1. The number of carbonyl (C=O) groups excluding carboxylic acids is 1. The second-order valence-electron chi connectivity index (χ2n) is 2.58. The van der Waals surface area contributed by atoms with Gasteiger partial charge in [-0.3, -0.25) is 4.79 Å². The summed E-state index contributed by atoms with van der Waals surface area (Å²) in [5.74, 6) is 1.84. The lowest BCUT2D eigenvalue weighted by Crippen LogP contribution is -2.31. The van der Waals surface area contributed by atoms with E-state index in [1.54, 1.807) is 18.7 Å². The molecule has 0 amide bonds. The molecule has 2 nitrogen and oxygen atoms in total. The van der Waals surface area contributed by atoms with Crippen molar-refractivity contribution in [1.82, 2.24) is 0 Å². The predicted molar refractivity (Wildman–Crippen MR) is 46.9 cm³/mol. The highest BCUT2D eigenvalue weighted by atomic mass is 32.2. The molecule has 1 saturated heterocycles. The van der Waals surface area contributed by atoms with Crippen molar-refractivity contribution < 1.29 is 9.53 Å². The number of ether oxygens (including phenoxy) is 1. The highest BCUT2D eigenvalue weighted by molar-refractivity contribution is 7.99. The minimum atomic E-state index is -0.230. The largest absolute Gasteiger partial charge is 0.368 e. The van der Waals surface area contributed by atoms with Crippen LogP contribution in [0.1, 0.15) is 6.92 Å². The van der Waals surface area contributed by atoms with Crippen molar-refractivity contribution in [2.45, 2.75) is 13.0 Å². The Balaban J connectivity index is 2.45. The molecular formula is C8H12O2S. The summed E-state index contributed by atoms with van der Waals surface area (Å²) in [4.78, 5) is 11.3. The van der Waals surface area contributed by atoms with Crippen LogP contribution in [0.25, 0.3) is 0 Å². The first kappa shape index (κ1) is 8.81. The molecule has 11 heavy (non-hydrogen) atoms. The second kappa shape index (κ2) is 3.93. The van der Waals surface area contributed by atoms with Gasteiger partial charge in [0.2, 0.25) is 0 Å². The smallest absolute Gasteiger partial charge is 0.187 e. The maximum Gasteiger partial charge on any atom is 0.187 e. The van der Waals surface area contributed by atoms with Crippen molar-refractivity contribution in [3.8, 4) is 0 Å². The van der Waals surface area contributed by atoms with Gasteiger partial charge in [-0.2, -0.15) is 11.8 Å². The third-order valence-electron chi connectivity index (χ3n) is 1.53. The molecule has 1 heterocycles. The Labute approximate surface area is 71.0 Å². The van der Waals surface area contributed by atoms with Crippen LogP contribution in [-0.4, -0.2) is 30.0 Å². The van der Waals surface area contributed by atoms with Crippen molar-refractivity contribution in [2.24, 2.45) is 0 Å². The van der Waals surface area contributed by atoms with E-state index in [1.807, 2.05) is 0 Å². The molecule has 0 spiro atoms. The van der Waals surface area contributed by atoms with Gasteiger partial charge in [0.25, 0.3) is 0 Å². The molecule has 0 saturated carbocycles. The first-order chi connectivity index (χ1) is 5.22. The van der Waals surface area contributed by atoms with Crippen LogP contribution in [0.4, 0.5) is 0 Å². The summed E-state index contributed by atoms with van der Waals surface area (Å²) in [5.41, 5.74) is 0.595. The summed E-state index contributed by atoms with van der Waals surface area (Å²) >= 11 is 1.76. The van der Waals surface area contributed by atoms with E-state index in [2.05, 4.69) is 6.58 Å². The molecule has 0 radical (unpaired) electrons. The van der Waals surface area contributed by atoms with Crippen molar-refractivity contribution in [3.63, 3.8) is 0 Å². The third kappa shape index (κ3) is 2.34. The summed E-state index contributed by atoms with van der Waals surface area (Å²) < 4.78 is 5.27. The van der Waals surface area contributed by atoms with Crippen LogP contribution >= 0.6 is 11.8 Å². The van der Waals surface area contributed by atoms with Gasteiger partial charge < -0.3 is 4.74 Å². The second-order valence-corrected chi connectivity index (χ2v) is 3.73. The summed E-state index contributed by atoms with van der Waals surface area (Å²) in [6, 6.07) is 0. The van der Waals surface area contributed by atoms with E-state index in [0.29, 0.717) is 12.2 Å². The van der Waals surface area contributed by atoms with Gasteiger partial charge in [-0.25, -0.2) is 0 Å². The maximum absolute atomic E-state index is 11.3. The van der Waals surface area contributed by atoms with Crippen molar-refractivity contribution >= 4 is 17.5 Å². The zero-order chi connectivity index (χ0) is 8.27. The summed E-state index contributed by atoms with van der Waals surface area (Å²) in [7, 11) is 0. The summed E-state index contributed by atoms with van der Waals surface area (Å²) in [6.07, 6.45) is -0.230. The van der Waals surface area contributed by atoms with Crippen LogP contribution in [0.15, 0.2) is 12.2 Å². The lowest BCUT2D eigenvalue weighted by atomic mass is 10.1. The first-order valence-electron chi connectivity index (χ1n) is 3.61. The van der Waals surface area contributed by atoms with Gasteiger partial charge in [0.15, 0.2) is 5.78 Å². The van der Waals surface area contributed by atoms with Crippen molar-refractivity contribution in [2.75, 3.05) is 18.1 Å². The fourth-order valence-corrected chi connectivity index (χ4v) is 1.76. The standard InChI is InChI=1S/C8H12O2S/c1-6(2)8(9)7-5-11-4-3-10-7/h7H,1,3-5H2,2H3. The number of thioether (sulfide) groups is 1. The fraction of sp³-hybridized carbons (Fsp3) is 0.625. The Morgan fingerprint density at radius 1 is 1.73 bits per heavy atom. The number of carbonyl (C=O) groups is 1. The van der Waals surface area contributed by atoms with Crippen LogP contribution in [0.2, 0.25) is 0 Å². The molecule has 0 aliphatic carbocycles. The molecule has 1 aliphatic rings. The van der Waals surface area contributed by atoms with E-state index in [4.69, 9.17) is 4.74 Å². The molecule has 0 N–H and O–H groups in total. The maximum atomic E-state index is 11.3. The number of hydrogen-bond acceptors (Lipinski definition) is 3. The molecule has 1 aliphatic heterocycles. The zero-order valence-electron chi connectivity index (χ0n) is 6.63. The molecule has 3 heteroatoms. The summed E-state index contributed by atoms with van der Waals surface area (Å²) in [5, 5.41) is 0. The lowest BCUT2D eigenvalue weighted by Gasteiger charge is -2.20. The highest BCUT2D eigenvalue weighted by Crippen LogP contribution is 2.15. The fourth-order valence-electron chi connectivity index (χ4n) is 0.914. The quantitative estimate of drug-likeness (QED) is 0.587. The normalized spacial score (nSPS) is 24.6. The number of hydrogen-bond donors (Lipinski definition) is 0. The first-order valence-corrected chi connectivity index (χ1v) is 4.76. The molecular weight excluding hydrogens is 160 g/mol. The minimum absolute atomic E-state index is 0.0530. The Morgan fingerprint density at radius 2 is 2.45 bits per heavy atom. The Kier molecular flexibility index (Phi) is 3.15. The SMILES string of the molecule is C=C(C)C(=O)C1CSCCO1. The molecule has 1 atom stereocenters. The predicted octanol–water partition coefficient (Wildman–Crippen LogP) is 1.26. The van der Waals surface area contributed by atoms with Gasteiger partial charge in [0.1, 0.15) is 6.10 Å². The molecule has 1 unspecified atom stereocenters. The van der Waals surface area contributed by atoms with E-state index >= 15 is 0 Å². The van der Waals surface area contributed by atoms with Crippen molar-refractivity contribution in [1.29, 1.82) is 0 Å². The molecule has 0 aromatic rings. The van der Waals surface area contributed by atoms with Crippen LogP contribution in [0.3, 0.4) is 0 Å². The topological polar surface area (TPSA) is 26.3 Å². The van der Waals surface area contributed by atoms with Crippen LogP contribution in [-0.2, 0) is 9.53 Å². The van der Waals surface area contributed by atoms with Crippen LogP contribution in [0, 0.1) is 0 Å². The average Bonchev–Trinajstić information content (AvgIpc) is 2.05. The van der Waals surface area contributed by atoms with Crippen molar-refractivity contribution in [3.05, 3.63) is 12.2 Å². The third-order valence-corrected chi connectivity index (χ3v) is 2.52. The molecule has 0 aromatic heterocycles. The van der Waals surface area contributed by atoms with Gasteiger partial charge in [-0.15, -0.1) is 0 Å². The zero-order valence-corrected chi connectivity index (χ0v) is 7.45. The van der Waals surface area contributed by atoms with E-state index < -0.39 is 0 Å².